The van der Waals surface area contributed by atoms with E-state index in [0.717, 1.165) is 23.5 Å². The summed E-state index contributed by atoms with van der Waals surface area (Å²) < 4.78 is 3.80. The zero-order chi connectivity index (χ0) is 13.6. The molecule has 0 unspecified atom stereocenters. The predicted molar refractivity (Wildman–Crippen MR) is 71.0 cm³/mol. The number of carbonyl (C=O) groups excluding carboxylic acids is 1. The lowest BCUT2D eigenvalue weighted by Crippen LogP contribution is -2.28. The summed E-state index contributed by atoms with van der Waals surface area (Å²) in [5, 5.41) is 4.29. The first kappa shape index (κ1) is 12.1. The van der Waals surface area contributed by atoms with Gasteiger partial charge in [0.05, 0.1) is 6.54 Å². The van der Waals surface area contributed by atoms with Crippen molar-refractivity contribution in [3.8, 4) is 0 Å². The molecule has 0 atom stereocenters. The van der Waals surface area contributed by atoms with Crippen LogP contribution in [0.4, 0.5) is 0 Å². The lowest BCUT2D eigenvalue weighted by Gasteiger charge is -2.29. The SMILES string of the molecule is Cn1cnc(Cn2ccc3c2CC(C)(C)CC3=O)n1. The van der Waals surface area contributed by atoms with Gasteiger partial charge in [-0.1, -0.05) is 13.8 Å². The molecule has 19 heavy (non-hydrogen) atoms. The fraction of sp³-hybridized carbons (Fsp3) is 0.500. The highest BCUT2D eigenvalue weighted by Crippen LogP contribution is 2.35. The largest absolute Gasteiger partial charge is 0.343 e. The van der Waals surface area contributed by atoms with Gasteiger partial charge in [0.2, 0.25) is 0 Å². The first-order valence-corrected chi connectivity index (χ1v) is 6.50. The number of hydrogen-bond acceptors (Lipinski definition) is 3. The number of carbonyl (C=O) groups is 1. The van der Waals surface area contributed by atoms with E-state index in [4.69, 9.17) is 0 Å². The molecule has 0 radical (unpaired) electrons. The Balaban J connectivity index is 1.95. The van der Waals surface area contributed by atoms with Gasteiger partial charge in [0.25, 0.3) is 0 Å². The van der Waals surface area contributed by atoms with Crippen LogP contribution < -0.4 is 0 Å². The van der Waals surface area contributed by atoms with E-state index in [2.05, 4.69) is 28.5 Å². The number of aryl methyl sites for hydroxylation is 1. The maximum Gasteiger partial charge on any atom is 0.170 e. The lowest BCUT2D eigenvalue weighted by molar-refractivity contribution is 0.0910. The van der Waals surface area contributed by atoms with Crippen LogP contribution in [0.2, 0.25) is 0 Å². The van der Waals surface area contributed by atoms with Gasteiger partial charge in [-0.2, -0.15) is 5.10 Å². The minimum Gasteiger partial charge on any atom is -0.343 e. The predicted octanol–water partition coefficient (Wildman–Crippen LogP) is 1.82. The molecule has 0 saturated heterocycles. The Kier molecular flexibility index (Phi) is 2.59. The topological polar surface area (TPSA) is 52.7 Å². The zero-order valence-electron chi connectivity index (χ0n) is 11.6. The Hall–Kier alpha value is -1.91. The molecule has 2 aromatic heterocycles. The quantitative estimate of drug-likeness (QED) is 0.825. The van der Waals surface area contributed by atoms with E-state index in [1.807, 2.05) is 19.3 Å². The third-order valence-corrected chi connectivity index (χ3v) is 3.62. The number of fused-ring (bicyclic) bond motifs is 1. The van der Waals surface area contributed by atoms with Gasteiger partial charge in [-0.15, -0.1) is 0 Å². The average molecular weight is 258 g/mol. The number of nitrogens with zero attached hydrogens (tertiary/aromatic N) is 4. The summed E-state index contributed by atoms with van der Waals surface area (Å²) in [7, 11) is 1.86. The molecule has 0 saturated carbocycles. The molecule has 0 aromatic carbocycles. The molecule has 0 bridgehead atoms. The van der Waals surface area contributed by atoms with E-state index >= 15 is 0 Å². The van der Waals surface area contributed by atoms with Crippen LogP contribution in [0.5, 0.6) is 0 Å². The summed E-state index contributed by atoms with van der Waals surface area (Å²) in [6, 6.07) is 1.93. The van der Waals surface area contributed by atoms with Crippen LogP contribution >= 0.6 is 0 Å². The van der Waals surface area contributed by atoms with Crippen molar-refractivity contribution in [2.45, 2.75) is 33.2 Å². The summed E-state index contributed by atoms with van der Waals surface area (Å²) in [4.78, 5) is 16.4. The second kappa shape index (κ2) is 4.05. The van der Waals surface area contributed by atoms with Crippen molar-refractivity contribution in [3.63, 3.8) is 0 Å². The van der Waals surface area contributed by atoms with Crippen molar-refractivity contribution >= 4 is 5.78 Å². The molecule has 5 heteroatoms. The molecule has 5 nitrogen and oxygen atoms in total. The van der Waals surface area contributed by atoms with E-state index in [9.17, 15) is 4.79 Å². The Labute approximate surface area is 112 Å². The Bertz CT molecular complexity index is 636. The van der Waals surface area contributed by atoms with Crippen molar-refractivity contribution < 1.29 is 4.79 Å². The minimum absolute atomic E-state index is 0.0394. The second-order valence-corrected chi connectivity index (χ2v) is 6.08. The maximum absolute atomic E-state index is 12.1. The van der Waals surface area contributed by atoms with Crippen molar-refractivity contribution in [1.29, 1.82) is 0 Å². The molecule has 1 aliphatic rings. The molecule has 0 fully saturated rings. The van der Waals surface area contributed by atoms with E-state index in [1.165, 1.54) is 0 Å². The van der Waals surface area contributed by atoms with Gasteiger partial charge >= 0.3 is 0 Å². The average Bonchev–Trinajstić information content (AvgIpc) is 2.86. The van der Waals surface area contributed by atoms with Crippen LogP contribution in [0.3, 0.4) is 0 Å². The molecule has 1 aliphatic carbocycles. The van der Waals surface area contributed by atoms with Crippen LogP contribution in [0.15, 0.2) is 18.6 Å². The molecule has 100 valence electrons. The van der Waals surface area contributed by atoms with Crippen LogP contribution in [-0.4, -0.2) is 25.1 Å². The molecule has 2 heterocycles. The number of hydrogen-bond donors (Lipinski definition) is 0. The number of aromatic nitrogens is 4. The summed E-state index contributed by atoms with van der Waals surface area (Å²) in [6.07, 6.45) is 5.22. The summed E-state index contributed by atoms with van der Waals surface area (Å²) in [5.41, 5.74) is 2.03. The number of ketones is 1. The van der Waals surface area contributed by atoms with Crippen LogP contribution in [0.1, 0.15) is 42.1 Å². The van der Waals surface area contributed by atoms with Crippen LogP contribution in [-0.2, 0) is 20.0 Å². The molecule has 0 amide bonds. The summed E-state index contributed by atoms with van der Waals surface area (Å²) in [6.45, 7) is 4.91. The fourth-order valence-corrected chi connectivity index (χ4v) is 2.76. The second-order valence-electron chi connectivity index (χ2n) is 6.08. The maximum atomic E-state index is 12.1. The van der Waals surface area contributed by atoms with E-state index in [1.54, 1.807) is 11.0 Å². The molecule has 2 aromatic rings. The standard InChI is InChI=1S/C14H18N4O/c1-14(2)6-11-10(12(19)7-14)4-5-18(11)8-13-15-9-17(3)16-13/h4-5,9H,6-8H2,1-3H3. The zero-order valence-corrected chi connectivity index (χ0v) is 11.6. The van der Waals surface area contributed by atoms with E-state index in [0.29, 0.717) is 13.0 Å². The molecule has 0 aliphatic heterocycles. The first-order chi connectivity index (χ1) is 8.94. The van der Waals surface area contributed by atoms with Gasteiger partial charge in [0.15, 0.2) is 11.6 Å². The minimum atomic E-state index is 0.0394. The summed E-state index contributed by atoms with van der Waals surface area (Å²) in [5.74, 6) is 1.02. The van der Waals surface area contributed by atoms with Gasteiger partial charge in [0, 0.05) is 30.9 Å². The monoisotopic (exact) mass is 258 g/mol. The molecule has 0 N–H and O–H groups in total. The van der Waals surface area contributed by atoms with Crippen molar-refractivity contribution in [3.05, 3.63) is 35.7 Å². The molecule has 0 spiro atoms. The smallest absolute Gasteiger partial charge is 0.170 e. The van der Waals surface area contributed by atoms with Crippen molar-refractivity contribution in [2.24, 2.45) is 12.5 Å². The van der Waals surface area contributed by atoms with Gasteiger partial charge in [-0.3, -0.25) is 9.48 Å². The Morgan fingerprint density at radius 2 is 2.16 bits per heavy atom. The molecule has 3 rings (SSSR count). The lowest BCUT2D eigenvalue weighted by atomic mass is 9.76. The number of Topliss-reactive ketones (excluding diaryl/α,β-unsaturated/α-hetero) is 1. The van der Waals surface area contributed by atoms with Gasteiger partial charge in [-0.25, -0.2) is 4.98 Å². The van der Waals surface area contributed by atoms with E-state index in [-0.39, 0.29) is 11.2 Å². The van der Waals surface area contributed by atoms with Crippen molar-refractivity contribution in [2.75, 3.05) is 0 Å². The van der Waals surface area contributed by atoms with Gasteiger partial charge in [-0.05, 0) is 17.9 Å². The molecular weight excluding hydrogens is 240 g/mol. The number of rotatable bonds is 2. The van der Waals surface area contributed by atoms with E-state index < -0.39 is 0 Å². The Morgan fingerprint density at radius 3 is 2.84 bits per heavy atom. The van der Waals surface area contributed by atoms with Crippen molar-refractivity contribution in [1.82, 2.24) is 19.3 Å². The third-order valence-electron chi connectivity index (χ3n) is 3.62. The third kappa shape index (κ3) is 2.20. The van der Waals surface area contributed by atoms with Gasteiger partial charge < -0.3 is 4.57 Å². The normalized spacial score (nSPS) is 17.5. The first-order valence-electron chi connectivity index (χ1n) is 6.50. The van der Waals surface area contributed by atoms with Gasteiger partial charge in [0.1, 0.15) is 6.33 Å². The summed E-state index contributed by atoms with van der Waals surface area (Å²) >= 11 is 0. The fourth-order valence-electron chi connectivity index (χ4n) is 2.76. The highest BCUT2D eigenvalue weighted by molar-refractivity contribution is 5.98. The highest BCUT2D eigenvalue weighted by Gasteiger charge is 2.32. The highest BCUT2D eigenvalue weighted by atomic mass is 16.1. The van der Waals surface area contributed by atoms with Crippen LogP contribution in [0, 0.1) is 5.41 Å². The van der Waals surface area contributed by atoms with Crippen LogP contribution in [0.25, 0.3) is 0 Å². The molecular formula is C14H18N4O. The Morgan fingerprint density at radius 1 is 1.37 bits per heavy atom.